The Bertz CT molecular complexity index is 479. The van der Waals surface area contributed by atoms with E-state index < -0.39 is 0 Å². The lowest BCUT2D eigenvalue weighted by Gasteiger charge is -2.35. The van der Waals surface area contributed by atoms with E-state index in [9.17, 15) is 4.79 Å². The molecular weight excluding hydrogens is 254 g/mol. The first-order chi connectivity index (χ1) is 9.66. The van der Waals surface area contributed by atoms with Crippen molar-refractivity contribution in [2.75, 3.05) is 27.3 Å². The van der Waals surface area contributed by atoms with Gasteiger partial charge < -0.3 is 14.8 Å². The number of Topliss-reactive ketones (excluding diaryl/α,β-unsaturated/α-hetero) is 1. The molecule has 0 aliphatic carbocycles. The van der Waals surface area contributed by atoms with Gasteiger partial charge >= 0.3 is 0 Å². The van der Waals surface area contributed by atoms with Crippen LogP contribution in [0.2, 0.25) is 0 Å². The summed E-state index contributed by atoms with van der Waals surface area (Å²) in [5, 5.41) is 3.32. The van der Waals surface area contributed by atoms with Gasteiger partial charge in [0.1, 0.15) is 11.5 Å². The lowest BCUT2D eigenvalue weighted by atomic mass is 9.71. The molecule has 0 saturated carbocycles. The van der Waals surface area contributed by atoms with Gasteiger partial charge in [-0.1, -0.05) is 6.92 Å². The van der Waals surface area contributed by atoms with Crippen LogP contribution < -0.4 is 14.8 Å². The lowest BCUT2D eigenvalue weighted by molar-refractivity contribution is 0.0714. The quantitative estimate of drug-likeness (QED) is 0.841. The van der Waals surface area contributed by atoms with Crippen LogP contribution in [0.25, 0.3) is 0 Å². The highest BCUT2D eigenvalue weighted by molar-refractivity contribution is 6.03. The van der Waals surface area contributed by atoms with Crippen LogP contribution in [-0.4, -0.2) is 33.1 Å². The van der Waals surface area contributed by atoms with Gasteiger partial charge in [-0.15, -0.1) is 0 Å². The molecule has 0 spiro atoms. The van der Waals surface area contributed by atoms with Crippen LogP contribution in [-0.2, 0) is 0 Å². The van der Waals surface area contributed by atoms with Gasteiger partial charge in [-0.3, -0.25) is 4.79 Å². The summed E-state index contributed by atoms with van der Waals surface area (Å²) in [6.45, 7) is 3.88. The van der Waals surface area contributed by atoms with Gasteiger partial charge in [0, 0.05) is 5.41 Å². The summed E-state index contributed by atoms with van der Waals surface area (Å²) >= 11 is 0. The molecular formula is C16H23NO3. The summed E-state index contributed by atoms with van der Waals surface area (Å²) < 4.78 is 10.6. The van der Waals surface area contributed by atoms with Gasteiger partial charge in [0.2, 0.25) is 0 Å². The van der Waals surface area contributed by atoms with Gasteiger partial charge in [0.25, 0.3) is 0 Å². The Morgan fingerprint density at radius 2 is 1.95 bits per heavy atom. The van der Waals surface area contributed by atoms with Crippen molar-refractivity contribution < 1.29 is 14.3 Å². The molecule has 1 aromatic carbocycles. The van der Waals surface area contributed by atoms with E-state index >= 15 is 0 Å². The Hall–Kier alpha value is -1.55. The molecule has 2 rings (SSSR count). The van der Waals surface area contributed by atoms with Crippen LogP contribution in [0.3, 0.4) is 0 Å². The fourth-order valence-electron chi connectivity index (χ4n) is 2.92. The normalized spacial score (nSPS) is 17.6. The zero-order valence-electron chi connectivity index (χ0n) is 12.5. The maximum absolute atomic E-state index is 13.0. The largest absolute Gasteiger partial charge is 0.497 e. The minimum absolute atomic E-state index is 0.178. The number of piperidine rings is 1. The summed E-state index contributed by atoms with van der Waals surface area (Å²) in [6.07, 6.45) is 2.61. The van der Waals surface area contributed by atoms with E-state index in [1.54, 1.807) is 26.4 Å². The van der Waals surface area contributed by atoms with Gasteiger partial charge in [0.05, 0.1) is 19.8 Å². The highest BCUT2D eigenvalue weighted by Gasteiger charge is 2.39. The molecule has 0 unspecified atom stereocenters. The molecule has 110 valence electrons. The van der Waals surface area contributed by atoms with Crippen molar-refractivity contribution in [3.8, 4) is 11.5 Å². The molecule has 4 heteroatoms. The third-order valence-corrected chi connectivity index (χ3v) is 4.37. The van der Waals surface area contributed by atoms with Crippen molar-refractivity contribution >= 4 is 5.78 Å². The molecule has 1 saturated heterocycles. The molecule has 0 aromatic heterocycles. The van der Waals surface area contributed by atoms with Crippen molar-refractivity contribution in [1.29, 1.82) is 0 Å². The van der Waals surface area contributed by atoms with E-state index in [1.807, 2.05) is 6.07 Å². The number of benzene rings is 1. The SMILES string of the molecule is CCC1(C(=O)c2cc(OC)ccc2OC)CCNCC1. The van der Waals surface area contributed by atoms with Gasteiger partial charge in [-0.25, -0.2) is 0 Å². The average Bonchev–Trinajstić information content (AvgIpc) is 2.54. The molecule has 1 aromatic rings. The fourth-order valence-corrected chi connectivity index (χ4v) is 2.92. The lowest BCUT2D eigenvalue weighted by Crippen LogP contribution is -2.41. The number of ether oxygens (including phenoxy) is 2. The Kier molecular flexibility index (Phi) is 4.65. The number of hydrogen-bond donors (Lipinski definition) is 1. The third kappa shape index (κ3) is 2.66. The summed E-state index contributed by atoms with van der Waals surface area (Å²) in [5.74, 6) is 1.49. The van der Waals surface area contributed by atoms with Crippen LogP contribution in [0.5, 0.6) is 11.5 Å². The number of carbonyl (C=O) groups is 1. The van der Waals surface area contributed by atoms with E-state index in [1.165, 1.54) is 0 Å². The number of nitrogens with one attached hydrogen (secondary N) is 1. The first kappa shape index (κ1) is 14.9. The maximum Gasteiger partial charge on any atom is 0.172 e. The van der Waals surface area contributed by atoms with Crippen LogP contribution in [0.4, 0.5) is 0 Å². The monoisotopic (exact) mass is 277 g/mol. The van der Waals surface area contributed by atoms with Crippen LogP contribution in [0.1, 0.15) is 36.5 Å². The van der Waals surface area contributed by atoms with Crippen molar-refractivity contribution in [2.45, 2.75) is 26.2 Å². The molecule has 1 aliphatic rings. The first-order valence-electron chi connectivity index (χ1n) is 7.14. The molecule has 1 N–H and O–H groups in total. The van der Waals surface area contributed by atoms with Crippen LogP contribution >= 0.6 is 0 Å². The Balaban J connectivity index is 2.40. The summed E-state index contributed by atoms with van der Waals surface area (Å²) in [7, 11) is 3.20. The number of carbonyl (C=O) groups excluding carboxylic acids is 1. The second kappa shape index (κ2) is 6.27. The standard InChI is InChI=1S/C16H23NO3/c1-4-16(7-9-17-10-8-16)15(18)13-11-12(19-2)5-6-14(13)20-3/h5-6,11,17H,4,7-10H2,1-3H3. The number of ketones is 1. The highest BCUT2D eigenvalue weighted by atomic mass is 16.5. The molecule has 0 bridgehead atoms. The molecule has 0 atom stereocenters. The molecule has 0 radical (unpaired) electrons. The Morgan fingerprint density at radius 1 is 1.25 bits per heavy atom. The third-order valence-electron chi connectivity index (χ3n) is 4.37. The maximum atomic E-state index is 13.0. The molecule has 20 heavy (non-hydrogen) atoms. The summed E-state index contributed by atoms with van der Waals surface area (Å²) in [4.78, 5) is 13.0. The molecule has 1 heterocycles. The summed E-state index contributed by atoms with van der Waals surface area (Å²) in [5.41, 5.74) is 0.362. The smallest absolute Gasteiger partial charge is 0.172 e. The minimum Gasteiger partial charge on any atom is -0.497 e. The van der Waals surface area contributed by atoms with Gasteiger partial charge in [0.15, 0.2) is 5.78 Å². The zero-order valence-corrected chi connectivity index (χ0v) is 12.5. The first-order valence-corrected chi connectivity index (χ1v) is 7.14. The predicted octanol–water partition coefficient (Wildman–Crippen LogP) is 2.67. The number of hydrogen-bond acceptors (Lipinski definition) is 4. The van der Waals surface area contributed by atoms with Crippen molar-refractivity contribution in [2.24, 2.45) is 5.41 Å². The van der Waals surface area contributed by atoms with E-state index in [0.29, 0.717) is 17.1 Å². The predicted molar refractivity (Wildman–Crippen MR) is 78.7 cm³/mol. The van der Waals surface area contributed by atoms with Crippen molar-refractivity contribution in [3.63, 3.8) is 0 Å². The zero-order chi connectivity index (χ0) is 14.6. The van der Waals surface area contributed by atoms with E-state index in [4.69, 9.17) is 9.47 Å². The van der Waals surface area contributed by atoms with Crippen molar-refractivity contribution in [3.05, 3.63) is 23.8 Å². The fraction of sp³-hybridized carbons (Fsp3) is 0.562. The average molecular weight is 277 g/mol. The van der Waals surface area contributed by atoms with Crippen LogP contribution in [0, 0.1) is 5.41 Å². The topological polar surface area (TPSA) is 47.6 Å². The second-order valence-electron chi connectivity index (χ2n) is 5.28. The second-order valence-corrected chi connectivity index (χ2v) is 5.28. The van der Waals surface area contributed by atoms with Gasteiger partial charge in [-0.2, -0.15) is 0 Å². The number of rotatable bonds is 5. The molecule has 1 fully saturated rings. The minimum atomic E-state index is -0.273. The Morgan fingerprint density at radius 3 is 2.50 bits per heavy atom. The van der Waals surface area contributed by atoms with E-state index in [2.05, 4.69) is 12.2 Å². The van der Waals surface area contributed by atoms with Gasteiger partial charge in [-0.05, 0) is 50.6 Å². The van der Waals surface area contributed by atoms with E-state index in [0.717, 1.165) is 32.4 Å². The highest BCUT2D eigenvalue weighted by Crippen LogP contribution is 2.39. The Labute approximate surface area is 120 Å². The van der Waals surface area contributed by atoms with E-state index in [-0.39, 0.29) is 11.2 Å². The molecule has 0 amide bonds. The summed E-state index contributed by atoms with van der Waals surface area (Å²) in [6, 6.07) is 5.41. The molecule has 1 aliphatic heterocycles. The van der Waals surface area contributed by atoms with Crippen LogP contribution in [0.15, 0.2) is 18.2 Å². The van der Waals surface area contributed by atoms with Crippen molar-refractivity contribution in [1.82, 2.24) is 5.32 Å². The number of methoxy groups -OCH3 is 2. The molecule has 4 nitrogen and oxygen atoms in total.